The minimum absolute atomic E-state index is 0.0355. The quantitative estimate of drug-likeness (QED) is 0.771. The summed E-state index contributed by atoms with van der Waals surface area (Å²) in [6.45, 7) is 5.40. The lowest BCUT2D eigenvalue weighted by Crippen LogP contribution is -2.38. The largest absolute Gasteiger partial charge is 0.378 e. The molecule has 2 aliphatic rings. The highest BCUT2D eigenvalue weighted by atomic mass is 16.5. The Balaban J connectivity index is 1.32. The van der Waals surface area contributed by atoms with Gasteiger partial charge in [0, 0.05) is 43.0 Å². The molecular formula is C21H26N4O4. The predicted octanol–water partition coefficient (Wildman–Crippen LogP) is 2.49. The van der Waals surface area contributed by atoms with Crippen molar-refractivity contribution in [1.82, 2.24) is 10.1 Å². The third-order valence-electron chi connectivity index (χ3n) is 5.26. The Labute approximate surface area is 169 Å². The van der Waals surface area contributed by atoms with E-state index in [1.807, 2.05) is 31.2 Å². The first-order valence-electron chi connectivity index (χ1n) is 10.1. The fraction of sp³-hybridized carbons (Fsp3) is 0.476. The first kappa shape index (κ1) is 19.4. The molecule has 0 radical (unpaired) electrons. The number of rotatable bonds is 7. The summed E-state index contributed by atoms with van der Waals surface area (Å²) in [6, 6.07) is 9.42. The number of carbonyl (C=O) groups is 2. The van der Waals surface area contributed by atoms with Gasteiger partial charge in [0.05, 0.1) is 13.2 Å². The van der Waals surface area contributed by atoms with E-state index in [2.05, 4.69) is 15.4 Å². The maximum absolute atomic E-state index is 12.6. The Morgan fingerprint density at radius 1 is 1.21 bits per heavy atom. The standard InChI is InChI=1S/C21H26N4O4/c1-2-24(21(27)18-13-19(29-23-18)15-3-4-15)14-20(26)22-16-5-7-17(8-6-16)25-9-11-28-12-10-25/h5-8,13,15H,2-4,9-12,14H2,1H3,(H,22,26). The van der Waals surface area contributed by atoms with Crippen LogP contribution < -0.4 is 10.2 Å². The molecule has 1 saturated heterocycles. The maximum atomic E-state index is 12.6. The monoisotopic (exact) mass is 398 g/mol. The molecule has 0 bridgehead atoms. The number of likely N-dealkylation sites (N-methyl/N-ethyl adjacent to an activating group) is 1. The Hall–Kier alpha value is -2.87. The first-order valence-corrected chi connectivity index (χ1v) is 10.1. The molecule has 4 rings (SSSR count). The van der Waals surface area contributed by atoms with Gasteiger partial charge in [0.2, 0.25) is 5.91 Å². The van der Waals surface area contributed by atoms with Crippen LogP contribution in [-0.4, -0.2) is 61.3 Å². The molecule has 2 amide bonds. The van der Waals surface area contributed by atoms with Gasteiger partial charge in [0.15, 0.2) is 5.69 Å². The summed E-state index contributed by atoms with van der Waals surface area (Å²) in [4.78, 5) is 28.8. The molecule has 2 heterocycles. The van der Waals surface area contributed by atoms with Crippen molar-refractivity contribution in [1.29, 1.82) is 0 Å². The Bertz CT molecular complexity index is 854. The van der Waals surface area contributed by atoms with Crippen molar-refractivity contribution in [2.75, 3.05) is 49.6 Å². The third kappa shape index (κ3) is 4.76. The number of hydrogen-bond acceptors (Lipinski definition) is 6. The van der Waals surface area contributed by atoms with Gasteiger partial charge in [-0.3, -0.25) is 9.59 Å². The van der Waals surface area contributed by atoms with Crippen LogP contribution in [0.2, 0.25) is 0 Å². The molecule has 1 aliphatic heterocycles. The second-order valence-corrected chi connectivity index (χ2v) is 7.40. The fourth-order valence-electron chi connectivity index (χ4n) is 3.39. The lowest BCUT2D eigenvalue weighted by molar-refractivity contribution is -0.116. The molecule has 1 saturated carbocycles. The molecule has 29 heavy (non-hydrogen) atoms. The number of nitrogens with zero attached hydrogens (tertiary/aromatic N) is 3. The van der Waals surface area contributed by atoms with E-state index in [9.17, 15) is 9.59 Å². The number of anilines is 2. The Morgan fingerprint density at radius 2 is 1.93 bits per heavy atom. The molecule has 1 N–H and O–H groups in total. The average Bonchev–Trinajstić information content (AvgIpc) is 3.49. The van der Waals surface area contributed by atoms with E-state index in [1.165, 1.54) is 4.90 Å². The number of nitrogens with one attached hydrogen (secondary N) is 1. The summed E-state index contributed by atoms with van der Waals surface area (Å²) in [6.07, 6.45) is 2.15. The van der Waals surface area contributed by atoms with Gasteiger partial charge < -0.3 is 24.4 Å². The number of ether oxygens (including phenoxy) is 1. The number of benzene rings is 1. The summed E-state index contributed by atoms with van der Waals surface area (Å²) in [5, 5.41) is 6.74. The van der Waals surface area contributed by atoms with Gasteiger partial charge in [0.25, 0.3) is 5.91 Å². The smallest absolute Gasteiger partial charge is 0.276 e. The van der Waals surface area contributed by atoms with E-state index in [0.29, 0.717) is 18.2 Å². The van der Waals surface area contributed by atoms with Gasteiger partial charge in [-0.1, -0.05) is 5.16 Å². The van der Waals surface area contributed by atoms with Gasteiger partial charge in [-0.15, -0.1) is 0 Å². The zero-order valence-electron chi connectivity index (χ0n) is 16.6. The zero-order valence-corrected chi connectivity index (χ0v) is 16.6. The minimum Gasteiger partial charge on any atom is -0.378 e. The van der Waals surface area contributed by atoms with Gasteiger partial charge in [-0.25, -0.2) is 0 Å². The summed E-state index contributed by atoms with van der Waals surface area (Å²) >= 11 is 0. The van der Waals surface area contributed by atoms with E-state index >= 15 is 0 Å². The number of amides is 2. The third-order valence-corrected chi connectivity index (χ3v) is 5.26. The Kier molecular flexibility index (Phi) is 5.80. The van der Waals surface area contributed by atoms with Crippen molar-refractivity contribution in [2.24, 2.45) is 0 Å². The van der Waals surface area contributed by atoms with Crippen LogP contribution >= 0.6 is 0 Å². The van der Waals surface area contributed by atoms with Gasteiger partial charge in [-0.2, -0.15) is 0 Å². The molecule has 0 spiro atoms. The molecule has 8 nitrogen and oxygen atoms in total. The highest BCUT2D eigenvalue weighted by Gasteiger charge is 2.30. The minimum atomic E-state index is -0.291. The van der Waals surface area contributed by atoms with Crippen LogP contribution in [0.25, 0.3) is 0 Å². The second kappa shape index (κ2) is 8.65. The second-order valence-electron chi connectivity index (χ2n) is 7.40. The highest BCUT2D eigenvalue weighted by molar-refractivity contribution is 5.98. The van der Waals surface area contributed by atoms with Crippen LogP contribution in [0.5, 0.6) is 0 Å². The van der Waals surface area contributed by atoms with Crippen molar-refractivity contribution >= 4 is 23.2 Å². The van der Waals surface area contributed by atoms with E-state index in [0.717, 1.165) is 50.6 Å². The molecular weight excluding hydrogens is 372 g/mol. The van der Waals surface area contributed by atoms with Crippen molar-refractivity contribution in [3.8, 4) is 0 Å². The highest BCUT2D eigenvalue weighted by Crippen LogP contribution is 2.40. The topological polar surface area (TPSA) is 87.9 Å². The van der Waals surface area contributed by atoms with E-state index in [4.69, 9.17) is 9.26 Å². The predicted molar refractivity (Wildman–Crippen MR) is 108 cm³/mol. The normalized spacial score (nSPS) is 16.5. The fourth-order valence-corrected chi connectivity index (χ4v) is 3.39. The summed E-state index contributed by atoms with van der Waals surface area (Å²) in [5.74, 6) is 0.614. The summed E-state index contributed by atoms with van der Waals surface area (Å²) in [7, 11) is 0. The molecule has 2 fully saturated rings. The molecule has 2 aromatic rings. The molecule has 0 unspecified atom stereocenters. The van der Waals surface area contributed by atoms with Crippen molar-refractivity contribution in [3.63, 3.8) is 0 Å². The number of carbonyl (C=O) groups excluding carboxylic acids is 2. The van der Waals surface area contributed by atoms with Crippen LogP contribution in [0.1, 0.15) is 41.9 Å². The molecule has 154 valence electrons. The zero-order chi connectivity index (χ0) is 20.2. The molecule has 1 aromatic heterocycles. The van der Waals surface area contributed by atoms with Gasteiger partial charge >= 0.3 is 0 Å². The van der Waals surface area contributed by atoms with E-state index < -0.39 is 0 Å². The summed E-state index contributed by atoms with van der Waals surface area (Å²) < 4.78 is 10.6. The lowest BCUT2D eigenvalue weighted by atomic mass is 10.2. The van der Waals surface area contributed by atoms with Crippen LogP contribution in [0.15, 0.2) is 34.9 Å². The molecule has 1 aliphatic carbocycles. The first-order chi connectivity index (χ1) is 14.1. The van der Waals surface area contributed by atoms with Crippen molar-refractivity contribution < 1.29 is 18.8 Å². The van der Waals surface area contributed by atoms with Gasteiger partial charge in [0.1, 0.15) is 12.3 Å². The number of morpholine rings is 1. The van der Waals surface area contributed by atoms with E-state index in [-0.39, 0.29) is 24.1 Å². The molecule has 0 atom stereocenters. The Morgan fingerprint density at radius 3 is 2.59 bits per heavy atom. The molecule has 1 aromatic carbocycles. The SMILES string of the molecule is CCN(CC(=O)Nc1ccc(N2CCOCC2)cc1)C(=O)c1cc(C2CC2)on1. The number of aromatic nitrogens is 1. The van der Waals surface area contributed by atoms with Crippen molar-refractivity contribution in [2.45, 2.75) is 25.7 Å². The van der Waals surface area contributed by atoms with Gasteiger partial charge in [-0.05, 0) is 44.0 Å². The van der Waals surface area contributed by atoms with Crippen LogP contribution in [0, 0.1) is 0 Å². The maximum Gasteiger partial charge on any atom is 0.276 e. The van der Waals surface area contributed by atoms with Crippen LogP contribution in [-0.2, 0) is 9.53 Å². The van der Waals surface area contributed by atoms with Crippen molar-refractivity contribution in [3.05, 3.63) is 41.8 Å². The van der Waals surface area contributed by atoms with E-state index in [1.54, 1.807) is 6.07 Å². The van der Waals surface area contributed by atoms with Crippen LogP contribution in [0.3, 0.4) is 0 Å². The van der Waals surface area contributed by atoms with Crippen LogP contribution in [0.4, 0.5) is 11.4 Å². The molecule has 8 heteroatoms. The average molecular weight is 398 g/mol. The number of hydrogen-bond donors (Lipinski definition) is 1. The lowest BCUT2D eigenvalue weighted by Gasteiger charge is -2.29. The summed E-state index contributed by atoms with van der Waals surface area (Å²) in [5.41, 5.74) is 2.07.